The molecule has 0 aromatic carbocycles. The lowest BCUT2D eigenvalue weighted by Gasteiger charge is -2.08. The molecule has 0 aliphatic heterocycles. The standard InChI is InChI=1S/C10H20B/c1-5-7-10(11-4)8-9(3)6-2/h8,10H,5-7H2,1-4H3/b9-8-/t10-/m0/s1. The summed E-state index contributed by atoms with van der Waals surface area (Å²) in [7, 11) is 2.29. The van der Waals surface area contributed by atoms with Gasteiger partial charge in [0.2, 0.25) is 0 Å². The fraction of sp³-hybridized carbons (Fsp3) is 0.800. The van der Waals surface area contributed by atoms with Crippen molar-refractivity contribution >= 4 is 7.28 Å². The van der Waals surface area contributed by atoms with Crippen molar-refractivity contribution in [2.75, 3.05) is 0 Å². The van der Waals surface area contributed by atoms with Crippen LogP contribution in [0.5, 0.6) is 0 Å². The van der Waals surface area contributed by atoms with Crippen molar-refractivity contribution in [2.45, 2.75) is 52.7 Å². The second kappa shape index (κ2) is 6.51. The Labute approximate surface area is 72.3 Å². The summed E-state index contributed by atoms with van der Waals surface area (Å²) in [6.45, 7) is 8.82. The van der Waals surface area contributed by atoms with Gasteiger partial charge in [-0.1, -0.05) is 51.0 Å². The van der Waals surface area contributed by atoms with E-state index in [2.05, 4.69) is 40.9 Å². The van der Waals surface area contributed by atoms with Gasteiger partial charge in [0, 0.05) is 0 Å². The molecule has 0 aromatic heterocycles. The van der Waals surface area contributed by atoms with Crippen molar-refractivity contribution in [3.63, 3.8) is 0 Å². The number of hydrogen-bond donors (Lipinski definition) is 0. The lowest BCUT2D eigenvalue weighted by atomic mass is 9.64. The van der Waals surface area contributed by atoms with E-state index in [-0.39, 0.29) is 0 Å². The summed E-state index contributed by atoms with van der Waals surface area (Å²) in [4.78, 5) is 0. The first kappa shape index (κ1) is 10.8. The van der Waals surface area contributed by atoms with Gasteiger partial charge in [0.1, 0.15) is 7.28 Å². The zero-order chi connectivity index (χ0) is 8.69. The van der Waals surface area contributed by atoms with Crippen molar-refractivity contribution < 1.29 is 0 Å². The van der Waals surface area contributed by atoms with Crippen molar-refractivity contribution in [1.82, 2.24) is 0 Å². The SMILES string of the molecule is C[B][C@H](/C=C(/C)CC)CCC. The molecule has 1 radical (unpaired) electrons. The summed E-state index contributed by atoms with van der Waals surface area (Å²) < 4.78 is 0. The molecule has 0 saturated heterocycles. The van der Waals surface area contributed by atoms with Gasteiger partial charge >= 0.3 is 0 Å². The smallest absolute Gasteiger partial charge is 0.0914 e. The minimum absolute atomic E-state index is 0.708. The Kier molecular flexibility index (Phi) is 6.40. The van der Waals surface area contributed by atoms with Gasteiger partial charge in [0.25, 0.3) is 0 Å². The van der Waals surface area contributed by atoms with E-state index in [0.29, 0.717) is 5.82 Å². The number of hydrogen-bond acceptors (Lipinski definition) is 0. The van der Waals surface area contributed by atoms with Gasteiger partial charge in [0.05, 0.1) is 0 Å². The molecule has 0 spiro atoms. The first-order valence-corrected chi connectivity index (χ1v) is 4.71. The molecule has 0 amide bonds. The van der Waals surface area contributed by atoms with Crippen LogP contribution >= 0.6 is 0 Å². The van der Waals surface area contributed by atoms with Gasteiger partial charge in [-0.3, -0.25) is 0 Å². The average Bonchev–Trinajstić information content (AvgIpc) is 2.03. The first-order valence-electron chi connectivity index (χ1n) is 4.71. The van der Waals surface area contributed by atoms with Gasteiger partial charge in [-0.25, -0.2) is 0 Å². The van der Waals surface area contributed by atoms with Crippen LogP contribution in [0.25, 0.3) is 0 Å². The Bertz CT molecular complexity index is 116. The third-order valence-corrected chi connectivity index (χ3v) is 2.11. The summed E-state index contributed by atoms with van der Waals surface area (Å²) in [6, 6.07) is 0. The van der Waals surface area contributed by atoms with E-state index >= 15 is 0 Å². The van der Waals surface area contributed by atoms with Crippen LogP contribution in [-0.2, 0) is 0 Å². The molecule has 0 unspecified atom stereocenters. The normalized spacial score (nSPS) is 14.7. The molecule has 0 aromatic rings. The maximum absolute atomic E-state index is 2.39. The van der Waals surface area contributed by atoms with E-state index in [1.165, 1.54) is 24.8 Å². The van der Waals surface area contributed by atoms with Gasteiger partial charge in [0.15, 0.2) is 0 Å². The number of rotatable bonds is 5. The maximum atomic E-state index is 2.39. The van der Waals surface area contributed by atoms with E-state index < -0.39 is 0 Å². The predicted molar refractivity (Wildman–Crippen MR) is 54.3 cm³/mol. The van der Waals surface area contributed by atoms with Gasteiger partial charge in [-0.05, 0) is 13.3 Å². The monoisotopic (exact) mass is 151 g/mol. The molecule has 0 N–H and O–H groups in total. The van der Waals surface area contributed by atoms with Crippen LogP contribution in [0.1, 0.15) is 40.0 Å². The Balaban J connectivity index is 3.84. The summed E-state index contributed by atoms with van der Waals surface area (Å²) in [5, 5.41) is 0. The van der Waals surface area contributed by atoms with Crippen LogP contribution in [0.3, 0.4) is 0 Å². The molecule has 0 nitrogen and oxygen atoms in total. The minimum atomic E-state index is 0.708. The average molecular weight is 151 g/mol. The lowest BCUT2D eigenvalue weighted by molar-refractivity contribution is 0.800. The van der Waals surface area contributed by atoms with E-state index in [1.54, 1.807) is 0 Å². The van der Waals surface area contributed by atoms with Gasteiger partial charge < -0.3 is 0 Å². The first-order chi connectivity index (χ1) is 5.24. The highest BCUT2D eigenvalue weighted by molar-refractivity contribution is 6.36. The fourth-order valence-corrected chi connectivity index (χ4v) is 1.16. The molecule has 0 rings (SSSR count). The minimum Gasteiger partial charge on any atom is -0.0914 e. The lowest BCUT2D eigenvalue weighted by Crippen LogP contribution is -1.96. The maximum Gasteiger partial charge on any atom is 0.115 e. The molecule has 0 saturated carbocycles. The van der Waals surface area contributed by atoms with E-state index in [1.807, 2.05) is 0 Å². The van der Waals surface area contributed by atoms with Crippen LogP contribution in [0, 0.1) is 0 Å². The number of allylic oxidation sites excluding steroid dienone is 2. The molecule has 1 heteroatoms. The Morgan fingerprint density at radius 3 is 2.45 bits per heavy atom. The molecular formula is C10H20B. The molecule has 0 bridgehead atoms. The van der Waals surface area contributed by atoms with Crippen molar-refractivity contribution in [1.29, 1.82) is 0 Å². The zero-order valence-corrected chi connectivity index (χ0v) is 8.35. The van der Waals surface area contributed by atoms with Crippen molar-refractivity contribution in [2.24, 2.45) is 0 Å². The summed E-state index contributed by atoms with van der Waals surface area (Å²) >= 11 is 0. The van der Waals surface area contributed by atoms with Crippen LogP contribution in [0.15, 0.2) is 11.6 Å². The van der Waals surface area contributed by atoms with Gasteiger partial charge in [-0.15, -0.1) is 0 Å². The molecular weight excluding hydrogens is 131 g/mol. The summed E-state index contributed by atoms with van der Waals surface area (Å²) in [5.41, 5.74) is 1.52. The second-order valence-corrected chi connectivity index (χ2v) is 3.15. The summed E-state index contributed by atoms with van der Waals surface area (Å²) in [6.07, 6.45) is 6.16. The fourth-order valence-electron chi connectivity index (χ4n) is 1.16. The molecule has 63 valence electrons. The summed E-state index contributed by atoms with van der Waals surface area (Å²) in [5.74, 6) is 0.708. The van der Waals surface area contributed by atoms with Crippen LogP contribution < -0.4 is 0 Å². The molecule has 0 aliphatic rings. The topological polar surface area (TPSA) is 0 Å². The highest BCUT2D eigenvalue weighted by Gasteiger charge is 2.01. The van der Waals surface area contributed by atoms with E-state index in [0.717, 1.165) is 0 Å². The van der Waals surface area contributed by atoms with E-state index in [4.69, 9.17) is 0 Å². The largest absolute Gasteiger partial charge is 0.115 e. The highest BCUT2D eigenvalue weighted by atomic mass is 14.0. The zero-order valence-electron chi connectivity index (χ0n) is 8.35. The Morgan fingerprint density at radius 1 is 1.45 bits per heavy atom. The molecule has 1 atom stereocenters. The van der Waals surface area contributed by atoms with Crippen LogP contribution in [0.2, 0.25) is 12.6 Å². The van der Waals surface area contributed by atoms with E-state index in [9.17, 15) is 0 Å². The predicted octanol–water partition coefficient (Wildman–Crippen LogP) is 3.68. The second-order valence-electron chi connectivity index (χ2n) is 3.15. The highest BCUT2D eigenvalue weighted by Crippen LogP contribution is 2.16. The van der Waals surface area contributed by atoms with Crippen molar-refractivity contribution in [3.8, 4) is 0 Å². The Hall–Kier alpha value is -0.195. The third-order valence-electron chi connectivity index (χ3n) is 2.11. The Morgan fingerprint density at radius 2 is 2.09 bits per heavy atom. The quantitative estimate of drug-likeness (QED) is 0.415. The molecule has 0 aliphatic carbocycles. The van der Waals surface area contributed by atoms with Gasteiger partial charge in [-0.2, -0.15) is 0 Å². The van der Waals surface area contributed by atoms with Crippen LogP contribution in [0.4, 0.5) is 0 Å². The molecule has 11 heavy (non-hydrogen) atoms. The molecule has 0 heterocycles. The van der Waals surface area contributed by atoms with Crippen molar-refractivity contribution in [3.05, 3.63) is 11.6 Å². The third kappa shape index (κ3) is 5.12. The molecule has 0 fully saturated rings. The van der Waals surface area contributed by atoms with Crippen LogP contribution in [-0.4, -0.2) is 7.28 Å².